The van der Waals surface area contributed by atoms with Gasteiger partial charge in [0.15, 0.2) is 0 Å². The maximum atomic E-state index is 5.73. The molecule has 0 aliphatic rings. The van der Waals surface area contributed by atoms with E-state index in [9.17, 15) is 0 Å². The van der Waals surface area contributed by atoms with Gasteiger partial charge in [-0.25, -0.2) is 4.98 Å². The van der Waals surface area contributed by atoms with Crippen LogP contribution in [0, 0.1) is 0 Å². The molecule has 0 N–H and O–H groups in total. The molecule has 18 heavy (non-hydrogen) atoms. The molecule has 0 fully saturated rings. The molecule has 0 saturated heterocycles. The highest BCUT2D eigenvalue weighted by molar-refractivity contribution is 9.10. The van der Waals surface area contributed by atoms with E-state index in [1.165, 1.54) is 5.39 Å². The summed E-state index contributed by atoms with van der Waals surface area (Å²) in [6, 6.07) is 12.8. The molecular weight excluding hydrogens is 292 g/mol. The molecule has 0 bridgehead atoms. The molecule has 0 aliphatic heterocycles. The van der Waals surface area contributed by atoms with Crippen molar-refractivity contribution in [3.05, 3.63) is 53.3 Å². The first-order chi connectivity index (χ1) is 8.72. The normalized spacial score (nSPS) is 10.8. The van der Waals surface area contributed by atoms with E-state index in [0.717, 1.165) is 15.6 Å². The predicted molar refractivity (Wildman–Crippen MR) is 74.9 cm³/mol. The standard InChI is InChI=1S/C14H11BrN2O/c1-17-7-6-16-14(17)18-13-5-3-10-8-12(15)4-2-11(10)9-13/h2-9H,1H3. The van der Waals surface area contributed by atoms with Crippen molar-refractivity contribution < 1.29 is 4.74 Å². The minimum absolute atomic E-state index is 0.589. The van der Waals surface area contributed by atoms with Gasteiger partial charge in [0.25, 0.3) is 0 Å². The second-order valence-electron chi connectivity index (χ2n) is 4.08. The van der Waals surface area contributed by atoms with Gasteiger partial charge < -0.3 is 9.30 Å². The molecule has 0 unspecified atom stereocenters. The Morgan fingerprint density at radius 2 is 1.89 bits per heavy atom. The SMILES string of the molecule is Cn1ccnc1Oc1ccc2cc(Br)ccc2c1. The van der Waals surface area contributed by atoms with Gasteiger partial charge in [0.2, 0.25) is 0 Å². The van der Waals surface area contributed by atoms with Crippen LogP contribution in [0.1, 0.15) is 0 Å². The van der Waals surface area contributed by atoms with Crippen molar-refractivity contribution in [2.24, 2.45) is 7.05 Å². The number of hydrogen-bond donors (Lipinski definition) is 0. The van der Waals surface area contributed by atoms with Crippen molar-refractivity contribution in [3.8, 4) is 11.8 Å². The zero-order valence-electron chi connectivity index (χ0n) is 9.80. The summed E-state index contributed by atoms with van der Waals surface area (Å²) < 4.78 is 8.64. The molecule has 0 amide bonds. The van der Waals surface area contributed by atoms with Gasteiger partial charge in [-0.2, -0.15) is 0 Å². The third kappa shape index (κ3) is 2.11. The number of hydrogen-bond acceptors (Lipinski definition) is 2. The van der Waals surface area contributed by atoms with Crippen LogP contribution in [0.3, 0.4) is 0 Å². The molecule has 4 heteroatoms. The Labute approximate surface area is 113 Å². The number of imidazole rings is 1. The minimum atomic E-state index is 0.589. The van der Waals surface area contributed by atoms with Crippen LogP contribution in [-0.4, -0.2) is 9.55 Å². The fourth-order valence-electron chi connectivity index (χ4n) is 1.81. The van der Waals surface area contributed by atoms with Gasteiger partial charge >= 0.3 is 6.01 Å². The highest BCUT2D eigenvalue weighted by Crippen LogP contribution is 2.26. The van der Waals surface area contributed by atoms with Crippen LogP contribution in [0.4, 0.5) is 0 Å². The summed E-state index contributed by atoms with van der Waals surface area (Å²) in [6.07, 6.45) is 3.57. The second-order valence-corrected chi connectivity index (χ2v) is 4.99. The fraction of sp³-hybridized carbons (Fsp3) is 0.0714. The number of halogens is 1. The van der Waals surface area contributed by atoms with E-state index in [4.69, 9.17) is 4.74 Å². The average Bonchev–Trinajstić information content (AvgIpc) is 2.75. The lowest BCUT2D eigenvalue weighted by molar-refractivity contribution is 0.425. The van der Waals surface area contributed by atoms with Crippen LogP contribution in [0.5, 0.6) is 11.8 Å². The van der Waals surface area contributed by atoms with Gasteiger partial charge in [-0.3, -0.25) is 0 Å². The largest absolute Gasteiger partial charge is 0.426 e. The molecule has 0 saturated carbocycles. The summed E-state index contributed by atoms with van der Waals surface area (Å²) in [5, 5.41) is 2.32. The smallest absolute Gasteiger partial charge is 0.301 e. The van der Waals surface area contributed by atoms with Gasteiger partial charge in [0.05, 0.1) is 0 Å². The predicted octanol–water partition coefficient (Wildman–Crippen LogP) is 4.13. The Morgan fingerprint density at radius 1 is 1.11 bits per heavy atom. The van der Waals surface area contributed by atoms with Crippen LogP contribution in [-0.2, 0) is 7.05 Å². The summed E-state index contributed by atoms with van der Waals surface area (Å²) in [5.41, 5.74) is 0. The van der Waals surface area contributed by atoms with Gasteiger partial charge in [-0.1, -0.05) is 28.1 Å². The molecule has 0 atom stereocenters. The average molecular weight is 303 g/mol. The monoisotopic (exact) mass is 302 g/mol. The molecule has 1 aromatic heterocycles. The topological polar surface area (TPSA) is 27.1 Å². The molecule has 3 nitrogen and oxygen atoms in total. The molecular formula is C14H11BrN2O. The van der Waals surface area contributed by atoms with Crippen LogP contribution in [0.15, 0.2) is 53.3 Å². The van der Waals surface area contributed by atoms with Crippen LogP contribution in [0.25, 0.3) is 10.8 Å². The lowest BCUT2D eigenvalue weighted by atomic mass is 10.1. The Hall–Kier alpha value is -1.81. The Bertz CT molecular complexity index is 706. The van der Waals surface area contributed by atoms with E-state index in [1.807, 2.05) is 42.1 Å². The van der Waals surface area contributed by atoms with Gasteiger partial charge in [-0.05, 0) is 35.0 Å². The van der Waals surface area contributed by atoms with Crippen molar-refractivity contribution in [2.45, 2.75) is 0 Å². The van der Waals surface area contributed by atoms with Crippen molar-refractivity contribution in [3.63, 3.8) is 0 Å². The number of aromatic nitrogens is 2. The third-order valence-electron chi connectivity index (χ3n) is 2.76. The van der Waals surface area contributed by atoms with E-state index in [-0.39, 0.29) is 0 Å². The fourth-order valence-corrected chi connectivity index (χ4v) is 2.19. The molecule has 3 rings (SSSR count). The van der Waals surface area contributed by atoms with Crippen molar-refractivity contribution in [2.75, 3.05) is 0 Å². The molecule has 3 aromatic rings. The van der Waals surface area contributed by atoms with E-state index in [1.54, 1.807) is 6.20 Å². The van der Waals surface area contributed by atoms with Crippen LogP contribution >= 0.6 is 15.9 Å². The first kappa shape index (κ1) is 11.3. The second kappa shape index (κ2) is 4.46. The molecule has 0 spiro atoms. The highest BCUT2D eigenvalue weighted by atomic mass is 79.9. The third-order valence-corrected chi connectivity index (χ3v) is 3.25. The number of fused-ring (bicyclic) bond motifs is 1. The summed E-state index contributed by atoms with van der Waals surface area (Å²) in [7, 11) is 1.90. The van der Waals surface area contributed by atoms with Crippen molar-refractivity contribution in [1.82, 2.24) is 9.55 Å². The quantitative estimate of drug-likeness (QED) is 0.712. The van der Waals surface area contributed by atoms with Crippen LogP contribution in [0.2, 0.25) is 0 Å². The summed E-state index contributed by atoms with van der Waals surface area (Å²) in [4.78, 5) is 4.14. The van der Waals surface area contributed by atoms with E-state index >= 15 is 0 Å². The summed E-state index contributed by atoms with van der Waals surface area (Å²) >= 11 is 3.46. The summed E-state index contributed by atoms with van der Waals surface area (Å²) in [5.74, 6) is 0.791. The van der Waals surface area contributed by atoms with Crippen LogP contribution < -0.4 is 4.74 Å². The Balaban J connectivity index is 1.99. The lowest BCUT2D eigenvalue weighted by Crippen LogP contribution is -1.93. The number of nitrogens with zero attached hydrogens (tertiary/aromatic N) is 2. The molecule has 1 heterocycles. The maximum absolute atomic E-state index is 5.73. The van der Waals surface area contributed by atoms with Crippen molar-refractivity contribution in [1.29, 1.82) is 0 Å². The van der Waals surface area contributed by atoms with Gasteiger partial charge in [-0.15, -0.1) is 0 Å². The Kier molecular flexibility index (Phi) is 2.80. The van der Waals surface area contributed by atoms with E-state index in [0.29, 0.717) is 6.01 Å². The molecule has 2 aromatic carbocycles. The van der Waals surface area contributed by atoms with Crippen molar-refractivity contribution >= 4 is 26.7 Å². The number of rotatable bonds is 2. The van der Waals surface area contributed by atoms with E-state index in [2.05, 4.69) is 33.0 Å². The first-order valence-electron chi connectivity index (χ1n) is 5.57. The molecule has 0 aliphatic carbocycles. The number of benzene rings is 2. The minimum Gasteiger partial charge on any atom is -0.426 e. The number of ether oxygens (including phenoxy) is 1. The highest BCUT2D eigenvalue weighted by Gasteiger charge is 2.03. The zero-order chi connectivity index (χ0) is 12.5. The number of aryl methyl sites for hydroxylation is 1. The zero-order valence-corrected chi connectivity index (χ0v) is 11.4. The maximum Gasteiger partial charge on any atom is 0.301 e. The Morgan fingerprint density at radius 3 is 2.67 bits per heavy atom. The first-order valence-corrected chi connectivity index (χ1v) is 6.36. The lowest BCUT2D eigenvalue weighted by Gasteiger charge is -2.06. The summed E-state index contributed by atoms with van der Waals surface area (Å²) in [6.45, 7) is 0. The van der Waals surface area contributed by atoms with E-state index < -0.39 is 0 Å². The molecule has 90 valence electrons. The van der Waals surface area contributed by atoms with Gasteiger partial charge in [0, 0.05) is 23.9 Å². The van der Waals surface area contributed by atoms with Gasteiger partial charge in [0.1, 0.15) is 5.75 Å². The molecule has 0 radical (unpaired) electrons.